The molecule has 5 unspecified atom stereocenters. The topological polar surface area (TPSA) is 107 Å². The van der Waals surface area contributed by atoms with Crippen molar-refractivity contribution in [3.63, 3.8) is 0 Å². The minimum atomic E-state index is -0.490. The number of aryl methyl sites for hydroxylation is 2. The van der Waals surface area contributed by atoms with E-state index in [1.165, 1.54) is 0 Å². The van der Waals surface area contributed by atoms with Gasteiger partial charge in [-0.1, -0.05) is 47.5 Å². The molecule has 5 fully saturated rings. The van der Waals surface area contributed by atoms with Crippen LogP contribution in [0.2, 0.25) is 10.0 Å². The van der Waals surface area contributed by atoms with Gasteiger partial charge in [0.05, 0.1) is 58.1 Å². The lowest BCUT2D eigenvalue weighted by Crippen LogP contribution is -2.41. The molecule has 5 atom stereocenters. The van der Waals surface area contributed by atoms with Crippen LogP contribution in [0.5, 0.6) is 0 Å². The molecule has 8 nitrogen and oxygen atoms in total. The van der Waals surface area contributed by atoms with Gasteiger partial charge in [-0.05, 0) is 80.0 Å². The number of benzene rings is 3. The van der Waals surface area contributed by atoms with Crippen LogP contribution in [0.4, 0.5) is 4.39 Å². The zero-order chi connectivity index (χ0) is 36.5. The SMILES string of the molecule is Cc1nc2c(F)c(-c3cccc(Cl)c3Cl)c(CCC#N)cc2c2c1cc(C1CC(OCc3ccc(C#N)cc3)CN1C(=O)C1CC1)n2C1C2CNC1C2. The molecule has 10 rings (SSSR count). The van der Waals surface area contributed by atoms with Crippen LogP contribution in [0, 0.1) is 47.2 Å². The van der Waals surface area contributed by atoms with E-state index < -0.39 is 5.82 Å². The number of pyridine rings is 1. The number of nitrogens with one attached hydrogen (secondary N) is 1. The molecule has 2 aliphatic carbocycles. The molecule has 2 aromatic heterocycles. The molecule has 2 bridgehead atoms. The van der Waals surface area contributed by atoms with Gasteiger partial charge in [-0.2, -0.15) is 10.5 Å². The molecule has 1 N–H and O–H groups in total. The summed E-state index contributed by atoms with van der Waals surface area (Å²) in [5.74, 6) is 0.115. The summed E-state index contributed by atoms with van der Waals surface area (Å²) in [4.78, 5) is 20.9. The van der Waals surface area contributed by atoms with Gasteiger partial charge in [0.1, 0.15) is 5.52 Å². The van der Waals surface area contributed by atoms with Crippen molar-refractivity contribution in [2.24, 2.45) is 11.8 Å². The largest absolute Gasteiger partial charge is 0.372 e. The molecule has 5 heterocycles. The second-order valence-electron chi connectivity index (χ2n) is 15.0. The predicted octanol–water partition coefficient (Wildman–Crippen LogP) is 8.74. The fraction of sp³-hybridized carbons (Fsp3) is 0.381. The van der Waals surface area contributed by atoms with Crippen LogP contribution in [0.15, 0.2) is 54.6 Å². The highest BCUT2D eigenvalue weighted by Crippen LogP contribution is 2.51. The number of rotatable bonds is 9. The van der Waals surface area contributed by atoms with E-state index in [-0.39, 0.29) is 53.0 Å². The van der Waals surface area contributed by atoms with Gasteiger partial charge in [-0.15, -0.1) is 0 Å². The van der Waals surface area contributed by atoms with E-state index in [1.807, 2.05) is 30.0 Å². The molecule has 268 valence electrons. The molecule has 3 aromatic carbocycles. The third-order valence-corrected chi connectivity index (χ3v) is 12.6. The quantitative estimate of drug-likeness (QED) is 0.162. The van der Waals surface area contributed by atoms with Crippen molar-refractivity contribution in [3.05, 3.63) is 98.5 Å². The number of carbonyl (C=O) groups excluding carboxylic acids is 1. The molecule has 5 aromatic rings. The van der Waals surface area contributed by atoms with Gasteiger partial charge in [0.15, 0.2) is 5.82 Å². The monoisotopic (exact) mass is 746 g/mol. The Morgan fingerprint density at radius 3 is 2.60 bits per heavy atom. The molecule has 3 saturated heterocycles. The molecule has 53 heavy (non-hydrogen) atoms. The van der Waals surface area contributed by atoms with Crippen LogP contribution in [0.25, 0.3) is 32.9 Å². The second-order valence-corrected chi connectivity index (χ2v) is 15.8. The van der Waals surface area contributed by atoms with Crippen LogP contribution in [-0.4, -0.2) is 45.6 Å². The van der Waals surface area contributed by atoms with E-state index in [1.54, 1.807) is 30.3 Å². The van der Waals surface area contributed by atoms with Crippen molar-refractivity contribution in [1.29, 1.82) is 10.5 Å². The summed E-state index contributed by atoms with van der Waals surface area (Å²) in [6.07, 6.45) is 3.83. The van der Waals surface area contributed by atoms with Crippen molar-refractivity contribution in [2.45, 2.75) is 76.3 Å². The van der Waals surface area contributed by atoms with E-state index in [0.717, 1.165) is 48.0 Å². The average Bonchev–Trinajstić information content (AvgIpc) is 3.46. The van der Waals surface area contributed by atoms with Crippen molar-refractivity contribution < 1.29 is 13.9 Å². The minimum absolute atomic E-state index is 0.0342. The maximum Gasteiger partial charge on any atom is 0.226 e. The number of likely N-dealkylation sites (tertiary alicyclic amines) is 1. The normalized spacial score (nSPS) is 23.4. The Balaban J connectivity index is 1.21. The summed E-state index contributed by atoms with van der Waals surface area (Å²) in [5, 5.41) is 24.7. The Bertz CT molecular complexity index is 2380. The lowest BCUT2D eigenvalue weighted by molar-refractivity contribution is -0.134. The van der Waals surface area contributed by atoms with E-state index in [2.05, 4.69) is 28.1 Å². The first-order valence-electron chi connectivity index (χ1n) is 18.4. The number of hydrogen-bond acceptors (Lipinski definition) is 6. The minimum Gasteiger partial charge on any atom is -0.372 e. The van der Waals surface area contributed by atoms with E-state index in [0.29, 0.717) is 70.3 Å². The van der Waals surface area contributed by atoms with Gasteiger partial charge in [-0.25, -0.2) is 9.37 Å². The summed E-state index contributed by atoms with van der Waals surface area (Å²) >= 11 is 13.1. The molecule has 11 heteroatoms. The lowest BCUT2D eigenvalue weighted by atomic mass is 9.79. The van der Waals surface area contributed by atoms with Crippen LogP contribution < -0.4 is 5.32 Å². The van der Waals surface area contributed by atoms with E-state index >= 15 is 4.39 Å². The third kappa shape index (κ3) is 5.77. The highest BCUT2D eigenvalue weighted by molar-refractivity contribution is 6.43. The summed E-state index contributed by atoms with van der Waals surface area (Å²) in [5.41, 5.74) is 5.90. The fourth-order valence-electron chi connectivity index (χ4n) is 9.00. The molecule has 5 aliphatic rings. The zero-order valence-electron chi connectivity index (χ0n) is 29.2. The second kappa shape index (κ2) is 13.4. The number of ether oxygens (including phenoxy) is 1. The fourth-order valence-corrected chi connectivity index (χ4v) is 9.39. The van der Waals surface area contributed by atoms with Crippen LogP contribution >= 0.6 is 23.2 Å². The number of carbonyl (C=O) groups is 1. The maximum absolute atomic E-state index is 17.2. The Morgan fingerprint density at radius 1 is 1.09 bits per heavy atom. The molecule has 0 radical (unpaired) electrons. The van der Waals surface area contributed by atoms with E-state index in [9.17, 15) is 15.3 Å². The first-order valence-corrected chi connectivity index (χ1v) is 19.1. The number of amides is 1. The molecular formula is C42H37Cl2FN6O2. The number of fused-ring (bicyclic) bond motifs is 4. The molecule has 0 spiro atoms. The van der Waals surface area contributed by atoms with Crippen molar-refractivity contribution in [1.82, 2.24) is 19.8 Å². The third-order valence-electron chi connectivity index (χ3n) is 11.8. The van der Waals surface area contributed by atoms with Gasteiger partial charge in [0.2, 0.25) is 5.91 Å². The Kier molecular flexibility index (Phi) is 8.67. The highest BCUT2D eigenvalue weighted by Gasteiger charge is 2.51. The summed E-state index contributed by atoms with van der Waals surface area (Å²) in [6.45, 7) is 3.69. The van der Waals surface area contributed by atoms with Crippen LogP contribution in [-0.2, 0) is 22.6 Å². The van der Waals surface area contributed by atoms with Crippen molar-refractivity contribution in [2.75, 3.05) is 13.1 Å². The number of hydrogen-bond donors (Lipinski definition) is 1. The van der Waals surface area contributed by atoms with E-state index in [4.69, 9.17) is 32.9 Å². The predicted molar refractivity (Wildman–Crippen MR) is 202 cm³/mol. The maximum atomic E-state index is 17.2. The molecule has 2 saturated carbocycles. The van der Waals surface area contributed by atoms with Crippen LogP contribution in [0.3, 0.4) is 0 Å². The van der Waals surface area contributed by atoms with Gasteiger partial charge in [0.25, 0.3) is 0 Å². The molecule has 1 amide bonds. The molecular weight excluding hydrogens is 710 g/mol. The Morgan fingerprint density at radius 2 is 1.91 bits per heavy atom. The smallest absolute Gasteiger partial charge is 0.226 e. The first-order chi connectivity index (χ1) is 25.7. The summed E-state index contributed by atoms with van der Waals surface area (Å²) in [7, 11) is 0. The summed E-state index contributed by atoms with van der Waals surface area (Å²) in [6, 6.07) is 21.3. The summed E-state index contributed by atoms with van der Waals surface area (Å²) < 4.78 is 26.1. The first kappa shape index (κ1) is 34.3. The zero-order valence-corrected chi connectivity index (χ0v) is 30.7. The lowest BCUT2D eigenvalue weighted by Gasteiger charge is -2.39. The van der Waals surface area contributed by atoms with Gasteiger partial charge >= 0.3 is 0 Å². The van der Waals surface area contributed by atoms with Gasteiger partial charge in [-0.3, -0.25) is 4.79 Å². The number of halogens is 3. The number of nitriles is 2. The van der Waals surface area contributed by atoms with Crippen molar-refractivity contribution >= 4 is 50.9 Å². The van der Waals surface area contributed by atoms with Crippen molar-refractivity contribution in [3.8, 4) is 23.3 Å². The Labute approximate surface area is 317 Å². The molecule has 3 aliphatic heterocycles. The van der Waals surface area contributed by atoms with Gasteiger partial charge in [0, 0.05) is 71.2 Å². The number of aromatic nitrogens is 2. The average molecular weight is 748 g/mol. The van der Waals surface area contributed by atoms with Gasteiger partial charge < -0.3 is 19.5 Å². The standard InChI is InChI=1S/C42H37Cl2FN6O2/c1-22-30-17-35(34-16-28(20-50(34)42(52)25-11-12-25)53-21-24-9-7-23(18-47)8-10-24)51(40-27-15-33(40)48-19-27)41(30)31-14-26(4-3-13-46)36(38(45)39(31)49-22)29-5-2-6-32(43)37(29)44/h2,5-10,14,17,25,27-28,33-34,40,48H,3-4,11-12,15-16,19-21H2,1H3. The van der Waals surface area contributed by atoms with Crippen LogP contribution in [0.1, 0.15) is 72.3 Å². The Hall–Kier alpha value is -4.51. The number of nitrogens with zero attached hydrogens (tertiary/aromatic N) is 5. The highest BCUT2D eigenvalue weighted by atomic mass is 35.5.